The highest BCUT2D eigenvalue weighted by molar-refractivity contribution is 5.89. The van der Waals surface area contributed by atoms with Crippen LogP contribution in [0.4, 0.5) is 4.79 Å². The second-order valence-corrected chi connectivity index (χ2v) is 9.27. The summed E-state index contributed by atoms with van der Waals surface area (Å²) in [4.78, 5) is 26.3. The number of esters is 1. The first kappa shape index (κ1) is 22.6. The lowest BCUT2D eigenvalue weighted by Gasteiger charge is -2.24. The molecule has 0 unspecified atom stereocenters. The molecule has 33 heavy (non-hydrogen) atoms. The summed E-state index contributed by atoms with van der Waals surface area (Å²) in [5.41, 5.74) is 5.96. The van der Waals surface area contributed by atoms with Gasteiger partial charge in [0.05, 0.1) is 43.7 Å². The van der Waals surface area contributed by atoms with Crippen molar-refractivity contribution in [2.24, 2.45) is 0 Å². The van der Waals surface area contributed by atoms with E-state index >= 15 is 0 Å². The first-order valence-electron chi connectivity index (χ1n) is 11.0. The molecule has 0 bridgehead atoms. The van der Waals surface area contributed by atoms with E-state index in [2.05, 4.69) is 19.1 Å². The Hall–Kier alpha value is -3.61. The van der Waals surface area contributed by atoms with Gasteiger partial charge in [-0.05, 0) is 51.0 Å². The van der Waals surface area contributed by atoms with Crippen LogP contribution in [0.5, 0.6) is 0 Å². The Bertz CT molecular complexity index is 1210. The van der Waals surface area contributed by atoms with Crippen molar-refractivity contribution in [1.82, 2.24) is 14.7 Å². The topological polar surface area (TPSA) is 73.7 Å². The Morgan fingerprint density at radius 2 is 1.82 bits per heavy atom. The summed E-state index contributed by atoms with van der Waals surface area (Å²) in [6.07, 6.45) is -0.339. The Balaban J connectivity index is 1.71. The summed E-state index contributed by atoms with van der Waals surface area (Å²) in [6, 6.07) is 15.5. The Kier molecular flexibility index (Phi) is 5.97. The number of fused-ring (bicyclic) bond motifs is 1. The minimum atomic E-state index is -0.555. The maximum atomic E-state index is 12.7. The Labute approximate surface area is 193 Å². The van der Waals surface area contributed by atoms with Crippen molar-refractivity contribution in [1.29, 1.82) is 0 Å². The van der Waals surface area contributed by atoms with Crippen LogP contribution in [0.25, 0.3) is 11.3 Å². The average molecular weight is 448 g/mol. The van der Waals surface area contributed by atoms with Gasteiger partial charge in [0.15, 0.2) is 0 Å². The summed E-state index contributed by atoms with van der Waals surface area (Å²) in [6.45, 7) is 8.99. The van der Waals surface area contributed by atoms with Crippen LogP contribution in [-0.2, 0) is 29.1 Å². The molecular weight excluding hydrogens is 418 g/mol. The van der Waals surface area contributed by atoms with E-state index in [4.69, 9.17) is 14.6 Å². The second kappa shape index (κ2) is 8.73. The quantitative estimate of drug-likeness (QED) is 0.530. The Morgan fingerprint density at radius 1 is 1.06 bits per heavy atom. The molecule has 0 fully saturated rings. The van der Waals surface area contributed by atoms with Crippen LogP contribution in [0.3, 0.4) is 0 Å². The van der Waals surface area contributed by atoms with Gasteiger partial charge in [0.2, 0.25) is 0 Å². The zero-order valence-corrected chi connectivity index (χ0v) is 19.7. The van der Waals surface area contributed by atoms with Crippen molar-refractivity contribution >= 4 is 12.1 Å². The lowest BCUT2D eigenvalue weighted by Crippen LogP contribution is -2.33. The average Bonchev–Trinajstić information content (AvgIpc) is 3.30. The van der Waals surface area contributed by atoms with Gasteiger partial charge in [-0.3, -0.25) is 9.58 Å². The van der Waals surface area contributed by atoms with E-state index < -0.39 is 5.60 Å². The minimum Gasteiger partial charge on any atom is -0.465 e. The van der Waals surface area contributed by atoms with Crippen LogP contribution in [0, 0.1) is 6.92 Å². The number of benzene rings is 2. The molecule has 0 saturated carbocycles. The third-order valence-corrected chi connectivity index (χ3v) is 5.56. The number of aryl methyl sites for hydroxylation is 1. The number of ether oxygens (including phenoxy) is 2. The van der Waals surface area contributed by atoms with Gasteiger partial charge in [-0.25, -0.2) is 9.59 Å². The van der Waals surface area contributed by atoms with Crippen molar-refractivity contribution < 1.29 is 19.1 Å². The third-order valence-electron chi connectivity index (χ3n) is 5.56. The summed E-state index contributed by atoms with van der Waals surface area (Å²) < 4.78 is 12.4. The molecule has 0 radical (unpaired) electrons. The highest BCUT2D eigenvalue weighted by atomic mass is 16.6. The number of amides is 1. The number of methoxy groups -OCH3 is 1. The first-order chi connectivity index (χ1) is 15.7. The Morgan fingerprint density at radius 3 is 2.52 bits per heavy atom. The zero-order valence-electron chi connectivity index (χ0n) is 19.7. The standard InChI is InChI=1S/C26H29N3O4/c1-17-9-6-7-12-20(17)23-21-15-28(25(31)33-26(2,3)4)16-22(21)27-29(23)14-18-10-8-11-19(13-18)24(30)32-5/h6-13H,14-16H2,1-5H3. The fourth-order valence-electron chi connectivity index (χ4n) is 4.07. The fraction of sp³-hybridized carbons (Fsp3) is 0.346. The summed E-state index contributed by atoms with van der Waals surface area (Å²) in [5.74, 6) is -0.369. The van der Waals surface area contributed by atoms with E-state index in [1.165, 1.54) is 7.11 Å². The van der Waals surface area contributed by atoms with Crippen LogP contribution in [-0.4, -0.2) is 39.5 Å². The van der Waals surface area contributed by atoms with Crippen molar-refractivity contribution in [3.8, 4) is 11.3 Å². The smallest absolute Gasteiger partial charge is 0.410 e. The van der Waals surface area contributed by atoms with Crippen LogP contribution < -0.4 is 0 Å². The molecule has 2 aromatic carbocycles. The largest absolute Gasteiger partial charge is 0.465 e. The van der Waals surface area contributed by atoms with Gasteiger partial charge < -0.3 is 9.47 Å². The maximum absolute atomic E-state index is 12.7. The molecule has 172 valence electrons. The molecule has 0 saturated heterocycles. The van der Waals surface area contributed by atoms with Crippen molar-refractivity contribution in [2.75, 3.05) is 7.11 Å². The second-order valence-electron chi connectivity index (χ2n) is 9.27. The highest BCUT2D eigenvalue weighted by Crippen LogP contribution is 2.35. The number of hydrogen-bond acceptors (Lipinski definition) is 5. The maximum Gasteiger partial charge on any atom is 0.410 e. The van der Waals surface area contributed by atoms with Gasteiger partial charge in [-0.1, -0.05) is 36.4 Å². The van der Waals surface area contributed by atoms with E-state index in [0.717, 1.165) is 33.6 Å². The molecule has 7 nitrogen and oxygen atoms in total. The minimum absolute atomic E-state index is 0.339. The number of aromatic nitrogens is 2. The van der Waals surface area contributed by atoms with E-state index in [-0.39, 0.29) is 12.1 Å². The molecule has 0 aliphatic carbocycles. The number of carbonyl (C=O) groups is 2. The first-order valence-corrected chi connectivity index (χ1v) is 11.0. The number of carbonyl (C=O) groups excluding carboxylic acids is 2. The third kappa shape index (κ3) is 4.77. The molecule has 7 heteroatoms. The van der Waals surface area contributed by atoms with Crippen molar-refractivity contribution in [3.05, 3.63) is 76.5 Å². The summed E-state index contributed by atoms with van der Waals surface area (Å²) in [5, 5.41) is 4.88. The number of rotatable bonds is 4. The predicted molar refractivity (Wildman–Crippen MR) is 125 cm³/mol. The zero-order chi connectivity index (χ0) is 23.8. The van der Waals surface area contributed by atoms with Gasteiger partial charge in [0.1, 0.15) is 5.60 Å². The van der Waals surface area contributed by atoms with Crippen molar-refractivity contribution in [3.63, 3.8) is 0 Å². The van der Waals surface area contributed by atoms with E-state index in [0.29, 0.717) is 25.2 Å². The van der Waals surface area contributed by atoms with Gasteiger partial charge in [-0.15, -0.1) is 0 Å². The lowest BCUT2D eigenvalue weighted by molar-refractivity contribution is 0.0239. The molecule has 2 heterocycles. The van der Waals surface area contributed by atoms with Crippen LogP contribution in [0.2, 0.25) is 0 Å². The SMILES string of the molecule is COC(=O)c1cccc(Cn2nc3c(c2-c2ccccc2C)CN(C(=O)OC(C)(C)C)C3)c1. The van der Waals surface area contributed by atoms with E-state index in [9.17, 15) is 9.59 Å². The molecule has 1 amide bonds. The molecule has 0 spiro atoms. The summed E-state index contributed by atoms with van der Waals surface area (Å²) in [7, 11) is 1.37. The lowest BCUT2D eigenvalue weighted by atomic mass is 10.0. The van der Waals surface area contributed by atoms with Gasteiger partial charge in [0.25, 0.3) is 0 Å². The van der Waals surface area contributed by atoms with Crippen LogP contribution in [0.1, 0.15) is 53.5 Å². The number of hydrogen-bond donors (Lipinski definition) is 0. The predicted octanol–water partition coefficient (Wildman–Crippen LogP) is 4.94. The molecular formula is C26H29N3O4. The normalized spacial score (nSPS) is 13.1. The molecule has 1 aromatic heterocycles. The number of nitrogens with zero attached hydrogens (tertiary/aromatic N) is 3. The molecule has 3 aromatic rings. The van der Waals surface area contributed by atoms with Gasteiger partial charge >= 0.3 is 12.1 Å². The van der Waals surface area contributed by atoms with Gasteiger partial charge in [-0.2, -0.15) is 5.10 Å². The molecule has 1 aliphatic heterocycles. The molecule has 0 N–H and O–H groups in total. The van der Waals surface area contributed by atoms with E-state index in [1.54, 1.807) is 11.0 Å². The van der Waals surface area contributed by atoms with E-state index in [1.807, 2.05) is 55.8 Å². The van der Waals surface area contributed by atoms with Crippen LogP contribution in [0.15, 0.2) is 48.5 Å². The molecule has 1 aliphatic rings. The molecule has 0 atom stereocenters. The fourth-order valence-corrected chi connectivity index (χ4v) is 4.07. The van der Waals surface area contributed by atoms with Crippen LogP contribution >= 0.6 is 0 Å². The summed E-state index contributed by atoms with van der Waals surface area (Å²) >= 11 is 0. The highest BCUT2D eigenvalue weighted by Gasteiger charge is 2.33. The van der Waals surface area contributed by atoms with Gasteiger partial charge in [0, 0.05) is 11.1 Å². The molecule has 4 rings (SSSR count). The monoisotopic (exact) mass is 447 g/mol. The van der Waals surface area contributed by atoms with Crippen molar-refractivity contribution in [2.45, 2.75) is 52.9 Å².